The van der Waals surface area contributed by atoms with Crippen molar-refractivity contribution >= 4 is 18.0 Å². The number of carboxylic acids is 1. The smallest absolute Gasteiger partial charge is 0.320 e. The number of carboxylic acid groups (broad SMARTS) is 1. The van der Waals surface area contributed by atoms with Crippen molar-refractivity contribution in [3.63, 3.8) is 0 Å². The van der Waals surface area contributed by atoms with Crippen LogP contribution in [0, 0.1) is 0 Å². The van der Waals surface area contributed by atoms with Gasteiger partial charge < -0.3 is 9.66 Å². The predicted molar refractivity (Wildman–Crippen MR) is 97.7 cm³/mol. The summed E-state index contributed by atoms with van der Waals surface area (Å²) in [7, 11) is 3.47. The Kier molecular flexibility index (Phi) is 20.5. The van der Waals surface area contributed by atoms with Gasteiger partial charge in [0, 0.05) is 5.75 Å². The fraction of sp³-hybridized carbons (Fsp3) is 0.941. The summed E-state index contributed by atoms with van der Waals surface area (Å²) in [6.45, 7) is 3.90. The summed E-state index contributed by atoms with van der Waals surface area (Å²) in [5, 5.41) is 8.31. The molecule has 0 saturated carbocycles. The molecule has 4 nitrogen and oxygen atoms in total. The highest BCUT2D eigenvalue weighted by Gasteiger charge is 2.11. The van der Waals surface area contributed by atoms with Crippen molar-refractivity contribution in [2.24, 2.45) is 0 Å². The Labute approximate surface area is 141 Å². The summed E-state index contributed by atoms with van der Waals surface area (Å²) in [5.74, 6) is 0.131. The SMILES string of the molecule is CC(C(=O)O)N(C)C.CCCCCCCCCCCCSO. The quantitative estimate of drug-likeness (QED) is 0.361. The highest BCUT2D eigenvalue weighted by molar-refractivity contribution is 7.93. The van der Waals surface area contributed by atoms with E-state index in [1.165, 1.54) is 64.2 Å². The number of likely N-dealkylation sites (N-methyl/N-ethyl adjacent to an activating group) is 1. The van der Waals surface area contributed by atoms with Gasteiger partial charge in [0.05, 0.1) is 0 Å². The molecule has 1 unspecified atom stereocenters. The van der Waals surface area contributed by atoms with Crippen molar-refractivity contribution in [1.29, 1.82) is 0 Å². The van der Waals surface area contributed by atoms with Crippen LogP contribution < -0.4 is 0 Å². The molecule has 2 N–H and O–H groups in total. The summed E-state index contributed by atoms with van der Waals surface area (Å²) >= 11 is 0.979. The van der Waals surface area contributed by atoms with Gasteiger partial charge in [-0.2, -0.15) is 0 Å². The molecule has 0 radical (unpaired) electrons. The summed E-state index contributed by atoms with van der Waals surface area (Å²) in [5.41, 5.74) is 0. The summed E-state index contributed by atoms with van der Waals surface area (Å²) < 4.78 is 8.51. The first-order valence-electron chi connectivity index (χ1n) is 8.62. The molecule has 0 saturated heterocycles. The number of hydrogen-bond acceptors (Lipinski definition) is 4. The first-order chi connectivity index (χ1) is 10.5. The number of hydrogen-bond donors (Lipinski definition) is 2. The van der Waals surface area contributed by atoms with E-state index in [9.17, 15) is 4.79 Å². The predicted octanol–water partition coefficient (Wildman–Crippen LogP) is 5.13. The average molecular weight is 336 g/mol. The minimum absolute atomic E-state index is 0.380. The maximum absolute atomic E-state index is 10.1. The lowest BCUT2D eigenvalue weighted by molar-refractivity contribution is -0.141. The molecule has 0 aromatic carbocycles. The first-order valence-corrected chi connectivity index (χ1v) is 9.57. The lowest BCUT2D eigenvalue weighted by atomic mass is 10.1. The molecule has 0 aliphatic carbocycles. The van der Waals surface area contributed by atoms with Gasteiger partial charge in [0.25, 0.3) is 0 Å². The second-order valence-electron chi connectivity index (χ2n) is 5.99. The van der Waals surface area contributed by atoms with Crippen LogP contribution in [-0.4, -0.2) is 46.4 Å². The van der Waals surface area contributed by atoms with Crippen LogP contribution in [0.25, 0.3) is 0 Å². The molecular formula is C17H37NO3S. The van der Waals surface area contributed by atoms with E-state index in [0.717, 1.165) is 17.8 Å². The molecule has 1 atom stereocenters. The Morgan fingerprint density at radius 3 is 1.64 bits per heavy atom. The van der Waals surface area contributed by atoms with Crippen molar-refractivity contribution in [3.05, 3.63) is 0 Å². The summed E-state index contributed by atoms with van der Waals surface area (Å²) in [6, 6.07) is -0.380. The van der Waals surface area contributed by atoms with Gasteiger partial charge in [0.2, 0.25) is 0 Å². The number of aliphatic carboxylic acids is 1. The van der Waals surface area contributed by atoms with E-state index in [1.807, 2.05) is 0 Å². The summed E-state index contributed by atoms with van der Waals surface area (Å²) in [6.07, 6.45) is 13.7. The maximum atomic E-state index is 10.1. The third-order valence-corrected chi connectivity index (χ3v) is 4.19. The lowest BCUT2D eigenvalue weighted by Crippen LogP contribution is -2.32. The van der Waals surface area contributed by atoms with E-state index >= 15 is 0 Å². The molecular weight excluding hydrogens is 298 g/mol. The Morgan fingerprint density at radius 1 is 0.955 bits per heavy atom. The number of rotatable bonds is 13. The zero-order valence-corrected chi connectivity index (χ0v) is 15.8. The molecule has 0 aromatic rings. The molecule has 0 amide bonds. The maximum Gasteiger partial charge on any atom is 0.320 e. The molecule has 5 heteroatoms. The second-order valence-corrected chi connectivity index (χ2v) is 6.66. The normalized spacial score (nSPS) is 11.9. The standard InChI is InChI=1S/C12H26OS.C5H11NO2/c1-2-3-4-5-6-7-8-9-10-11-12-14-13;1-4(5(7)8)6(2)3/h13H,2-12H2,1H3;4H,1-3H3,(H,7,8). The van der Waals surface area contributed by atoms with Gasteiger partial charge in [0.1, 0.15) is 6.04 Å². The van der Waals surface area contributed by atoms with Crippen LogP contribution in [0.2, 0.25) is 0 Å². The van der Waals surface area contributed by atoms with Crippen LogP contribution in [0.5, 0.6) is 0 Å². The highest BCUT2D eigenvalue weighted by Crippen LogP contribution is 2.11. The monoisotopic (exact) mass is 335 g/mol. The Bertz CT molecular complexity index is 226. The Morgan fingerprint density at radius 2 is 1.36 bits per heavy atom. The van der Waals surface area contributed by atoms with Gasteiger partial charge in [-0.25, -0.2) is 0 Å². The topological polar surface area (TPSA) is 60.8 Å². The van der Waals surface area contributed by atoms with Gasteiger partial charge >= 0.3 is 5.97 Å². The summed E-state index contributed by atoms with van der Waals surface area (Å²) in [4.78, 5) is 11.7. The lowest BCUT2D eigenvalue weighted by Gasteiger charge is -2.13. The fourth-order valence-electron chi connectivity index (χ4n) is 1.87. The highest BCUT2D eigenvalue weighted by atomic mass is 32.2. The molecule has 0 fully saturated rings. The molecule has 0 rings (SSSR count). The van der Waals surface area contributed by atoms with Gasteiger partial charge in [0.15, 0.2) is 0 Å². The van der Waals surface area contributed by atoms with Crippen LogP contribution in [0.15, 0.2) is 0 Å². The molecule has 0 aliphatic heterocycles. The third-order valence-electron chi connectivity index (χ3n) is 3.72. The second kappa shape index (κ2) is 18.8. The van der Waals surface area contributed by atoms with E-state index in [2.05, 4.69) is 6.92 Å². The van der Waals surface area contributed by atoms with Crippen molar-refractivity contribution < 1.29 is 14.5 Å². The van der Waals surface area contributed by atoms with Crippen molar-refractivity contribution in [3.8, 4) is 0 Å². The minimum atomic E-state index is -0.782. The van der Waals surface area contributed by atoms with Crippen molar-refractivity contribution in [2.45, 2.75) is 84.1 Å². The van der Waals surface area contributed by atoms with Crippen LogP contribution in [0.1, 0.15) is 78.1 Å². The van der Waals surface area contributed by atoms with Gasteiger partial charge in [-0.3, -0.25) is 9.69 Å². The number of nitrogens with zero attached hydrogens (tertiary/aromatic N) is 1. The molecule has 0 aliphatic rings. The van der Waals surface area contributed by atoms with Gasteiger partial charge in [-0.05, 0) is 39.5 Å². The molecule has 134 valence electrons. The average Bonchev–Trinajstić information content (AvgIpc) is 2.49. The van der Waals surface area contributed by atoms with Gasteiger partial charge in [-0.1, -0.05) is 64.7 Å². The molecule has 0 heterocycles. The molecule has 0 aromatic heterocycles. The van der Waals surface area contributed by atoms with Crippen molar-refractivity contribution in [1.82, 2.24) is 4.90 Å². The third kappa shape index (κ3) is 19.7. The zero-order valence-electron chi connectivity index (χ0n) is 15.0. The van der Waals surface area contributed by atoms with Gasteiger partial charge in [-0.15, -0.1) is 0 Å². The van der Waals surface area contributed by atoms with E-state index in [4.69, 9.17) is 9.66 Å². The van der Waals surface area contributed by atoms with Crippen LogP contribution >= 0.6 is 12.0 Å². The van der Waals surface area contributed by atoms with Crippen LogP contribution in [0.4, 0.5) is 0 Å². The fourth-order valence-corrected chi connectivity index (χ4v) is 2.21. The Hall–Kier alpha value is -0.260. The first kappa shape index (κ1) is 24.0. The number of carbonyl (C=O) groups is 1. The van der Waals surface area contributed by atoms with E-state index < -0.39 is 5.97 Å². The zero-order chi connectivity index (χ0) is 17.2. The minimum Gasteiger partial charge on any atom is -0.480 e. The van der Waals surface area contributed by atoms with E-state index in [1.54, 1.807) is 25.9 Å². The largest absolute Gasteiger partial charge is 0.480 e. The van der Waals surface area contributed by atoms with Crippen LogP contribution in [-0.2, 0) is 4.79 Å². The molecule has 22 heavy (non-hydrogen) atoms. The van der Waals surface area contributed by atoms with Crippen molar-refractivity contribution in [2.75, 3.05) is 19.8 Å². The van der Waals surface area contributed by atoms with E-state index in [-0.39, 0.29) is 6.04 Å². The molecule has 0 spiro atoms. The Balaban J connectivity index is 0. The molecule has 0 bridgehead atoms. The van der Waals surface area contributed by atoms with E-state index in [0.29, 0.717) is 0 Å². The van der Waals surface area contributed by atoms with Crippen LogP contribution in [0.3, 0.4) is 0 Å². The number of unbranched alkanes of at least 4 members (excludes halogenated alkanes) is 9.